The molecule has 0 saturated heterocycles. The average molecular weight is 294 g/mol. The van der Waals surface area contributed by atoms with E-state index in [9.17, 15) is 4.79 Å². The second-order valence-corrected chi connectivity index (χ2v) is 5.59. The van der Waals surface area contributed by atoms with Crippen LogP contribution in [-0.2, 0) is 6.61 Å². The van der Waals surface area contributed by atoms with Crippen molar-refractivity contribution in [3.63, 3.8) is 0 Å². The summed E-state index contributed by atoms with van der Waals surface area (Å²) in [7, 11) is 0. The molecule has 0 radical (unpaired) electrons. The van der Waals surface area contributed by atoms with E-state index in [2.05, 4.69) is 31.2 Å². The van der Waals surface area contributed by atoms with Crippen LogP contribution in [0.4, 0.5) is 0 Å². The molecule has 1 aromatic heterocycles. The molecule has 112 valence electrons. The van der Waals surface area contributed by atoms with E-state index < -0.39 is 0 Å². The first kappa shape index (κ1) is 14.4. The molecule has 2 aromatic carbocycles. The molecule has 0 saturated carbocycles. The molecule has 3 nitrogen and oxygen atoms in total. The van der Waals surface area contributed by atoms with Gasteiger partial charge in [0.1, 0.15) is 17.9 Å². The minimum Gasteiger partial charge on any atom is -0.488 e. The standard InChI is InChI=1S/C19H18O3/c1-12-4-6-15(7-5-12)11-21-17-9-8-16-13(2)10-18(20)22-19(16)14(17)3/h4-10H,11H2,1-3H3. The third-order valence-corrected chi connectivity index (χ3v) is 3.83. The molecule has 0 bridgehead atoms. The zero-order chi connectivity index (χ0) is 15.7. The van der Waals surface area contributed by atoms with E-state index in [0.717, 1.165) is 27.8 Å². The minimum absolute atomic E-state index is 0.330. The molecule has 0 amide bonds. The van der Waals surface area contributed by atoms with Crippen molar-refractivity contribution in [2.24, 2.45) is 0 Å². The second kappa shape index (κ2) is 5.68. The molecule has 3 aromatic rings. The molecular weight excluding hydrogens is 276 g/mol. The number of benzene rings is 2. The van der Waals surface area contributed by atoms with E-state index in [1.165, 1.54) is 11.6 Å². The SMILES string of the molecule is Cc1ccc(COc2ccc3c(C)cc(=O)oc3c2C)cc1. The highest BCUT2D eigenvalue weighted by Crippen LogP contribution is 2.28. The van der Waals surface area contributed by atoms with Crippen LogP contribution in [0.3, 0.4) is 0 Å². The summed E-state index contributed by atoms with van der Waals surface area (Å²) < 4.78 is 11.2. The fourth-order valence-corrected chi connectivity index (χ4v) is 2.50. The molecule has 0 aliphatic carbocycles. The molecule has 0 spiro atoms. The highest BCUT2D eigenvalue weighted by molar-refractivity contribution is 5.84. The maximum Gasteiger partial charge on any atom is 0.336 e. The zero-order valence-electron chi connectivity index (χ0n) is 13.0. The minimum atomic E-state index is -0.330. The molecule has 0 aliphatic heterocycles. The Balaban J connectivity index is 1.93. The Morgan fingerprint density at radius 2 is 1.73 bits per heavy atom. The van der Waals surface area contributed by atoms with Crippen LogP contribution in [0.25, 0.3) is 11.0 Å². The third-order valence-electron chi connectivity index (χ3n) is 3.83. The summed E-state index contributed by atoms with van der Waals surface area (Å²) in [4.78, 5) is 11.6. The van der Waals surface area contributed by atoms with Crippen LogP contribution >= 0.6 is 0 Å². The van der Waals surface area contributed by atoms with Crippen LogP contribution in [-0.4, -0.2) is 0 Å². The van der Waals surface area contributed by atoms with Gasteiger partial charge in [0.15, 0.2) is 0 Å². The predicted octanol–water partition coefficient (Wildman–Crippen LogP) is 4.30. The Kier molecular flexibility index (Phi) is 3.72. The monoisotopic (exact) mass is 294 g/mol. The summed E-state index contributed by atoms with van der Waals surface area (Å²) in [5, 5.41) is 0.944. The predicted molar refractivity (Wildman–Crippen MR) is 87.5 cm³/mol. The van der Waals surface area contributed by atoms with Crippen molar-refractivity contribution in [1.29, 1.82) is 0 Å². The number of hydrogen-bond donors (Lipinski definition) is 0. The van der Waals surface area contributed by atoms with Crippen LogP contribution < -0.4 is 10.4 Å². The average Bonchev–Trinajstić information content (AvgIpc) is 2.49. The molecule has 3 rings (SSSR count). The van der Waals surface area contributed by atoms with Crippen LogP contribution in [0.1, 0.15) is 22.3 Å². The van der Waals surface area contributed by atoms with E-state index in [-0.39, 0.29) is 5.63 Å². The molecule has 0 unspecified atom stereocenters. The third kappa shape index (κ3) is 2.75. The molecule has 0 N–H and O–H groups in total. The largest absolute Gasteiger partial charge is 0.488 e. The first-order chi connectivity index (χ1) is 10.5. The number of rotatable bonds is 3. The van der Waals surface area contributed by atoms with Crippen molar-refractivity contribution >= 4 is 11.0 Å². The van der Waals surface area contributed by atoms with Gasteiger partial charge in [-0.25, -0.2) is 4.79 Å². The fraction of sp³-hybridized carbons (Fsp3) is 0.211. The van der Waals surface area contributed by atoms with Crippen molar-refractivity contribution in [2.75, 3.05) is 0 Å². The molecule has 0 atom stereocenters. The first-order valence-electron chi connectivity index (χ1n) is 7.27. The van der Waals surface area contributed by atoms with Crippen molar-refractivity contribution in [2.45, 2.75) is 27.4 Å². The van der Waals surface area contributed by atoms with Gasteiger partial charge in [0, 0.05) is 17.0 Å². The van der Waals surface area contributed by atoms with Gasteiger partial charge in [0.25, 0.3) is 0 Å². The molecule has 3 heteroatoms. The lowest BCUT2D eigenvalue weighted by Gasteiger charge is -2.11. The Labute approximate surface area is 129 Å². The second-order valence-electron chi connectivity index (χ2n) is 5.59. The van der Waals surface area contributed by atoms with Gasteiger partial charge in [-0.1, -0.05) is 29.8 Å². The normalized spacial score (nSPS) is 10.9. The van der Waals surface area contributed by atoms with Gasteiger partial charge in [-0.15, -0.1) is 0 Å². The summed E-state index contributed by atoms with van der Waals surface area (Å²) in [5.41, 5.74) is 4.37. The van der Waals surface area contributed by atoms with Crippen LogP contribution in [0.2, 0.25) is 0 Å². The van der Waals surface area contributed by atoms with E-state index >= 15 is 0 Å². The number of fused-ring (bicyclic) bond motifs is 1. The highest BCUT2D eigenvalue weighted by Gasteiger charge is 2.10. The van der Waals surface area contributed by atoms with Crippen molar-refractivity contribution < 1.29 is 9.15 Å². The Morgan fingerprint density at radius 3 is 2.45 bits per heavy atom. The molecule has 1 heterocycles. The lowest BCUT2D eigenvalue weighted by molar-refractivity contribution is 0.304. The van der Waals surface area contributed by atoms with Gasteiger partial charge in [-0.05, 0) is 44.0 Å². The van der Waals surface area contributed by atoms with Gasteiger partial charge < -0.3 is 9.15 Å². The van der Waals surface area contributed by atoms with Gasteiger partial charge in [-0.2, -0.15) is 0 Å². The lowest BCUT2D eigenvalue weighted by atomic mass is 10.1. The van der Waals surface area contributed by atoms with Crippen LogP contribution in [0, 0.1) is 20.8 Å². The van der Waals surface area contributed by atoms with Crippen molar-refractivity contribution in [3.05, 3.63) is 75.1 Å². The topological polar surface area (TPSA) is 39.4 Å². The molecule has 0 fully saturated rings. The Hall–Kier alpha value is -2.55. The quantitative estimate of drug-likeness (QED) is 0.676. The van der Waals surface area contributed by atoms with Crippen LogP contribution in [0.15, 0.2) is 51.7 Å². The van der Waals surface area contributed by atoms with Crippen molar-refractivity contribution in [1.82, 2.24) is 0 Å². The fourth-order valence-electron chi connectivity index (χ4n) is 2.50. The van der Waals surface area contributed by atoms with E-state index in [1.807, 2.05) is 26.0 Å². The van der Waals surface area contributed by atoms with E-state index in [4.69, 9.17) is 9.15 Å². The summed E-state index contributed by atoms with van der Waals surface area (Å²) in [6.07, 6.45) is 0. The van der Waals surface area contributed by atoms with E-state index in [1.54, 1.807) is 0 Å². The van der Waals surface area contributed by atoms with Crippen molar-refractivity contribution in [3.8, 4) is 5.75 Å². The van der Waals surface area contributed by atoms with Crippen LogP contribution in [0.5, 0.6) is 5.75 Å². The smallest absolute Gasteiger partial charge is 0.336 e. The van der Waals surface area contributed by atoms with Gasteiger partial charge in [-0.3, -0.25) is 0 Å². The Bertz CT molecular complexity index is 874. The van der Waals surface area contributed by atoms with Gasteiger partial charge in [0.2, 0.25) is 0 Å². The number of aryl methyl sites for hydroxylation is 3. The number of ether oxygens (including phenoxy) is 1. The molecular formula is C19H18O3. The highest BCUT2D eigenvalue weighted by atomic mass is 16.5. The van der Waals surface area contributed by atoms with Gasteiger partial charge in [0.05, 0.1) is 0 Å². The molecule has 0 aliphatic rings. The summed E-state index contributed by atoms with van der Waals surface area (Å²) in [6, 6.07) is 13.6. The maximum atomic E-state index is 11.6. The summed E-state index contributed by atoms with van der Waals surface area (Å²) >= 11 is 0. The summed E-state index contributed by atoms with van der Waals surface area (Å²) in [6.45, 7) is 6.37. The lowest BCUT2D eigenvalue weighted by Crippen LogP contribution is -2.01. The first-order valence-corrected chi connectivity index (χ1v) is 7.27. The number of hydrogen-bond acceptors (Lipinski definition) is 3. The summed E-state index contributed by atoms with van der Waals surface area (Å²) in [5.74, 6) is 0.738. The maximum absolute atomic E-state index is 11.6. The molecule has 22 heavy (non-hydrogen) atoms. The Morgan fingerprint density at radius 1 is 1.00 bits per heavy atom. The van der Waals surface area contributed by atoms with Gasteiger partial charge >= 0.3 is 5.63 Å². The van der Waals surface area contributed by atoms with E-state index in [0.29, 0.717) is 12.2 Å². The zero-order valence-corrected chi connectivity index (χ0v) is 13.0.